The van der Waals surface area contributed by atoms with Crippen LogP contribution in [0, 0.1) is 24.4 Å². The molecule has 7 heteroatoms. The number of aromatic nitrogens is 1. The summed E-state index contributed by atoms with van der Waals surface area (Å²) in [5.41, 5.74) is 0.314. The summed E-state index contributed by atoms with van der Waals surface area (Å²) in [6.07, 6.45) is 0. The Bertz CT molecular complexity index is 666. The fraction of sp³-hybridized carbons (Fsp3) is 0.0769. The largest absolute Gasteiger partial charge is 0.478 e. The van der Waals surface area contributed by atoms with E-state index in [1.54, 1.807) is 6.92 Å². The zero-order chi connectivity index (χ0) is 14.9. The van der Waals surface area contributed by atoms with Gasteiger partial charge in [-0.2, -0.15) is 0 Å². The number of nitrogens with one attached hydrogen (secondary N) is 1. The fourth-order valence-electron chi connectivity index (χ4n) is 1.63. The number of benzene rings is 1. The van der Waals surface area contributed by atoms with Crippen LogP contribution in [-0.2, 0) is 0 Å². The molecule has 0 atom stereocenters. The molecule has 0 saturated heterocycles. The van der Waals surface area contributed by atoms with Gasteiger partial charge in [-0.25, -0.2) is 22.9 Å². The molecular weight excluding hydrogens is 273 g/mol. The van der Waals surface area contributed by atoms with Crippen LogP contribution in [0.25, 0.3) is 0 Å². The molecule has 1 aromatic heterocycles. The van der Waals surface area contributed by atoms with Crippen molar-refractivity contribution in [3.63, 3.8) is 0 Å². The summed E-state index contributed by atoms with van der Waals surface area (Å²) in [7, 11) is 0. The van der Waals surface area contributed by atoms with Crippen LogP contribution in [-0.4, -0.2) is 16.1 Å². The number of nitrogens with zero attached hydrogens (tertiary/aromatic N) is 1. The molecule has 2 aromatic rings. The molecule has 1 aromatic carbocycles. The Balaban J connectivity index is 2.37. The minimum Gasteiger partial charge on any atom is -0.478 e. The number of carboxylic acids is 1. The third-order valence-corrected chi connectivity index (χ3v) is 2.46. The number of carboxylic acid groups (broad SMARTS) is 1. The molecule has 0 aliphatic rings. The van der Waals surface area contributed by atoms with E-state index in [4.69, 9.17) is 5.11 Å². The van der Waals surface area contributed by atoms with Gasteiger partial charge in [0.15, 0.2) is 17.5 Å². The first-order valence-electron chi connectivity index (χ1n) is 5.50. The summed E-state index contributed by atoms with van der Waals surface area (Å²) in [6, 6.07) is 4.06. The summed E-state index contributed by atoms with van der Waals surface area (Å²) in [4.78, 5) is 14.9. The van der Waals surface area contributed by atoms with Gasteiger partial charge < -0.3 is 10.4 Å². The third kappa shape index (κ3) is 2.87. The van der Waals surface area contributed by atoms with Crippen LogP contribution in [0.15, 0.2) is 24.3 Å². The number of aryl methyl sites for hydroxylation is 1. The number of pyridine rings is 1. The third-order valence-electron chi connectivity index (χ3n) is 2.46. The van der Waals surface area contributed by atoms with E-state index in [1.165, 1.54) is 12.1 Å². The van der Waals surface area contributed by atoms with E-state index in [0.29, 0.717) is 5.69 Å². The Morgan fingerprint density at radius 2 is 1.75 bits per heavy atom. The average Bonchev–Trinajstić information content (AvgIpc) is 2.35. The second-order valence-electron chi connectivity index (χ2n) is 4.07. The second-order valence-corrected chi connectivity index (χ2v) is 4.07. The van der Waals surface area contributed by atoms with E-state index in [-0.39, 0.29) is 17.1 Å². The molecule has 0 bridgehead atoms. The van der Waals surface area contributed by atoms with Gasteiger partial charge in [-0.3, -0.25) is 0 Å². The van der Waals surface area contributed by atoms with Crippen molar-refractivity contribution in [1.29, 1.82) is 0 Å². The molecule has 0 saturated carbocycles. The summed E-state index contributed by atoms with van der Waals surface area (Å²) >= 11 is 0. The van der Waals surface area contributed by atoms with Gasteiger partial charge in [-0.05, 0) is 19.1 Å². The number of aromatic carboxylic acids is 1. The van der Waals surface area contributed by atoms with Crippen molar-refractivity contribution >= 4 is 17.5 Å². The Labute approximate surface area is 111 Å². The van der Waals surface area contributed by atoms with Crippen LogP contribution < -0.4 is 5.32 Å². The van der Waals surface area contributed by atoms with Crippen LogP contribution in [0.2, 0.25) is 0 Å². The molecule has 104 valence electrons. The molecule has 0 spiro atoms. The Morgan fingerprint density at radius 3 is 2.30 bits per heavy atom. The van der Waals surface area contributed by atoms with Crippen LogP contribution >= 0.6 is 0 Å². The number of carbonyl (C=O) groups is 1. The molecule has 4 nitrogen and oxygen atoms in total. The van der Waals surface area contributed by atoms with Crippen molar-refractivity contribution in [2.75, 3.05) is 5.32 Å². The summed E-state index contributed by atoms with van der Waals surface area (Å²) in [5, 5.41) is 11.4. The highest BCUT2D eigenvalue weighted by Crippen LogP contribution is 2.21. The van der Waals surface area contributed by atoms with Gasteiger partial charge in [-0.1, -0.05) is 0 Å². The van der Waals surface area contributed by atoms with E-state index in [1.807, 2.05) is 0 Å². The van der Waals surface area contributed by atoms with Crippen molar-refractivity contribution in [1.82, 2.24) is 4.98 Å². The first kappa shape index (κ1) is 13.9. The molecular formula is C13H9F3N2O2. The maximum atomic E-state index is 13.1. The lowest BCUT2D eigenvalue weighted by Crippen LogP contribution is -2.03. The first-order chi connectivity index (χ1) is 9.36. The monoisotopic (exact) mass is 282 g/mol. The molecule has 1 heterocycles. The van der Waals surface area contributed by atoms with Crippen molar-refractivity contribution in [3.8, 4) is 0 Å². The number of rotatable bonds is 3. The summed E-state index contributed by atoms with van der Waals surface area (Å²) in [6.45, 7) is 1.57. The lowest BCUT2D eigenvalue weighted by Gasteiger charge is -2.08. The lowest BCUT2D eigenvalue weighted by molar-refractivity contribution is 0.0696. The van der Waals surface area contributed by atoms with Gasteiger partial charge in [0.2, 0.25) is 0 Å². The average molecular weight is 282 g/mol. The highest BCUT2D eigenvalue weighted by Gasteiger charge is 2.12. The number of hydrogen-bond acceptors (Lipinski definition) is 3. The van der Waals surface area contributed by atoms with Crippen LogP contribution in [0.3, 0.4) is 0 Å². The number of anilines is 2. The fourth-order valence-corrected chi connectivity index (χ4v) is 1.63. The standard InChI is InChI=1S/C13H9F3N2O2/c1-6-2-7(13(19)20)3-11(17-6)18-8-4-9(14)12(16)10(15)5-8/h2-5H,1H3,(H,17,18)(H,19,20). The van der Waals surface area contributed by atoms with Crippen molar-refractivity contribution in [2.45, 2.75) is 6.92 Å². The van der Waals surface area contributed by atoms with Gasteiger partial charge in [-0.15, -0.1) is 0 Å². The van der Waals surface area contributed by atoms with Crippen molar-refractivity contribution in [2.24, 2.45) is 0 Å². The zero-order valence-corrected chi connectivity index (χ0v) is 10.2. The molecule has 0 aliphatic carbocycles. The van der Waals surface area contributed by atoms with Crippen LogP contribution in [0.1, 0.15) is 16.1 Å². The summed E-state index contributed by atoms with van der Waals surface area (Å²) in [5.74, 6) is -5.33. The van der Waals surface area contributed by atoms with Crippen molar-refractivity contribution in [3.05, 3.63) is 53.0 Å². The minimum absolute atomic E-state index is 0.0249. The van der Waals surface area contributed by atoms with Gasteiger partial charge in [0.25, 0.3) is 0 Å². The van der Waals surface area contributed by atoms with Crippen molar-refractivity contribution < 1.29 is 23.1 Å². The minimum atomic E-state index is -1.57. The van der Waals surface area contributed by atoms with E-state index >= 15 is 0 Å². The van der Waals surface area contributed by atoms with E-state index in [2.05, 4.69) is 10.3 Å². The van der Waals surface area contributed by atoms with Gasteiger partial charge in [0, 0.05) is 23.5 Å². The van der Waals surface area contributed by atoms with E-state index in [0.717, 1.165) is 12.1 Å². The second kappa shape index (κ2) is 5.20. The molecule has 20 heavy (non-hydrogen) atoms. The number of hydrogen-bond donors (Lipinski definition) is 2. The Hall–Kier alpha value is -2.57. The number of halogens is 3. The van der Waals surface area contributed by atoms with E-state index in [9.17, 15) is 18.0 Å². The lowest BCUT2D eigenvalue weighted by atomic mass is 10.2. The summed E-state index contributed by atoms with van der Waals surface area (Å²) < 4.78 is 38.9. The Kier molecular flexibility index (Phi) is 3.60. The molecule has 0 fully saturated rings. The van der Waals surface area contributed by atoms with E-state index < -0.39 is 23.4 Å². The maximum absolute atomic E-state index is 13.1. The van der Waals surface area contributed by atoms with Gasteiger partial charge in [0.05, 0.1) is 5.56 Å². The van der Waals surface area contributed by atoms with Gasteiger partial charge in [0.1, 0.15) is 5.82 Å². The van der Waals surface area contributed by atoms with Gasteiger partial charge >= 0.3 is 5.97 Å². The van der Waals surface area contributed by atoms with Crippen LogP contribution in [0.4, 0.5) is 24.7 Å². The Morgan fingerprint density at radius 1 is 1.15 bits per heavy atom. The molecule has 0 amide bonds. The SMILES string of the molecule is Cc1cc(C(=O)O)cc(Nc2cc(F)c(F)c(F)c2)n1. The smallest absolute Gasteiger partial charge is 0.335 e. The maximum Gasteiger partial charge on any atom is 0.335 e. The quantitative estimate of drug-likeness (QED) is 0.848. The highest BCUT2D eigenvalue weighted by molar-refractivity contribution is 5.88. The predicted molar refractivity (Wildman–Crippen MR) is 65.5 cm³/mol. The molecule has 0 unspecified atom stereocenters. The molecule has 0 aliphatic heterocycles. The molecule has 2 N–H and O–H groups in total. The molecule has 0 radical (unpaired) electrons. The normalized spacial score (nSPS) is 10.4. The topological polar surface area (TPSA) is 62.2 Å². The highest BCUT2D eigenvalue weighted by atomic mass is 19.2. The predicted octanol–water partition coefficient (Wildman–Crippen LogP) is 3.25. The first-order valence-corrected chi connectivity index (χ1v) is 5.50. The van der Waals surface area contributed by atoms with Crippen LogP contribution in [0.5, 0.6) is 0 Å². The zero-order valence-electron chi connectivity index (χ0n) is 10.2. The molecule has 2 rings (SSSR count).